The van der Waals surface area contributed by atoms with Gasteiger partial charge in [0.2, 0.25) is 5.91 Å². The van der Waals surface area contributed by atoms with Crippen molar-refractivity contribution in [1.29, 1.82) is 0 Å². The molecule has 1 atom stereocenters. The number of carbonyl (C=O) groups excluding carboxylic acids is 4. The Morgan fingerprint density at radius 1 is 0.868 bits per heavy atom. The van der Waals surface area contributed by atoms with Gasteiger partial charge >= 0.3 is 17.8 Å². The van der Waals surface area contributed by atoms with Gasteiger partial charge in [0.25, 0.3) is 0 Å². The molecule has 1 aliphatic rings. The van der Waals surface area contributed by atoms with E-state index in [1.165, 1.54) is 6.92 Å². The second-order valence-corrected chi connectivity index (χ2v) is 8.91. The van der Waals surface area contributed by atoms with E-state index in [0.717, 1.165) is 22.3 Å². The Morgan fingerprint density at radius 2 is 1.45 bits per heavy atom. The fraction of sp³-hybridized carbons (Fsp3) is 0.207. The highest BCUT2D eigenvalue weighted by atomic mass is 16.5. The van der Waals surface area contributed by atoms with Crippen molar-refractivity contribution in [2.45, 2.75) is 31.7 Å². The van der Waals surface area contributed by atoms with E-state index < -0.39 is 29.8 Å². The minimum atomic E-state index is -1.46. The number of benzene rings is 3. The number of anilines is 1. The number of hydrogen-bond donors (Lipinski definition) is 3. The van der Waals surface area contributed by atoms with Gasteiger partial charge in [-0.15, -0.1) is 0 Å². The van der Waals surface area contributed by atoms with Crippen molar-refractivity contribution < 1.29 is 33.8 Å². The number of ether oxygens (including phenoxy) is 1. The van der Waals surface area contributed by atoms with E-state index in [4.69, 9.17) is 4.74 Å². The Balaban J connectivity index is 1.30. The SMILES string of the molecule is CC(=O)c1ccc(NC(=O)CCC(NC(=O)C(=O)OCC2c3ccccc3-c3ccccc32)C(=O)O)cc1. The smallest absolute Gasteiger partial charge is 0.396 e. The van der Waals surface area contributed by atoms with Crippen molar-refractivity contribution in [3.8, 4) is 11.1 Å². The number of carboxylic acids is 1. The van der Waals surface area contributed by atoms with E-state index in [0.29, 0.717) is 11.3 Å². The summed E-state index contributed by atoms with van der Waals surface area (Å²) in [5, 5.41) is 14.2. The molecule has 3 aromatic rings. The van der Waals surface area contributed by atoms with Crippen LogP contribution in [0.25, 0.3) is 11.1 Å². The molecule has 0 fully saturated rings. The first kappa shape index (κ1) is 26.3. The van der Waals surface area contributed by atoms with Gasteiger partial charge in [-0.2, -0.15) is 0 Å². The Hall–Kier alpha value is -4.79. The monoisotopic (exact) mass is 514 g/mol. The molecule has 1 unspecified atom stereocenters. The first-order chi connectivity index (χ1) is 18.2. The van der Waals surface area contributed by atoms with Crippen LogP contribution in [0.5, 0.6) is 0 Å². The maximum atomic E-state index is 12.4. The van der Waals surface area contributed by atoms with Gasteiger partial charge in [-0.1, -0.05) is 48.5 Å². The number of amides is 2. The average molecular weight is 515 g/mol. The molecule has 0 radical (unpaired) electrons. The highest BCUT2D eigenvalue weighted by molar-refractivity contribution is 6.32. The van der Waals surface area contributed by atoms with E-state index in [9.17, 15) is 29.1 Å². The number of Topliss-reactive ketones (excluding diaryl/α,β-unsaturated/α-hetero) is 1. The molecular formula is C29H26N2O7. The molecule has 38 heavy (non-hydrogen) atoms. The standard InChI is InChI=1S/C29H26N2O7/c1-17(32)18-10-12-19(13-11-18)30-26(33)15-14-25(28(35)36)31-27(34)29(37)38-16-24-22-8-4-2-6-20(22)21-7-3-5-9-23(21)24/h2-13,24-25H,14-16H2,1H3,(H,30,33)(H,31,34)(H,35,36). The maximum Gasteiger partial charge on any atom is 0.396 e. The largest absolute Gasteiger partial charge is 0.480 e. The topological polar surface area (TPSA) is 139 Å². The summed E-state index contributed by atoms with van der Waals surface area (Å²) >= 11 is 0. The second kappa shape index (κ2) is 11.5. The normalized spacial score (nSPS) is 12.6. The molecule has 0 heterocycles. The Labute approximate surface area is 218 Å². The predicted molar refractivity (Wildman–Crippen MR) is 139 cm³/mol. The summed E-state index contributed by atoms with van der Waals surface area (Å²) in [7, 11) is 0. The highest BCUT2D eigenvalue weighted by Gasteiger charge is 2.31. The van der Waals surface area contributed by atoms with Gasteiger partial charge in [0.1, 0.15) is 12.6 Å². The molecule has 3 N–H and O–H groups in total. The van der Waals surface area contributed by atoms with Crippen molar-refractivity contribution in [3.63, 3.8) is 0 Å². The molecule has 1 aliphatic carbocycles. The van der Waals surface area contributed by atoms with Crippen LogP contribution in [-0.4, -0.2) is 47.3 Å². The predicted octanol–water partition coefficient (Wildman–Crippen LogP) is 3.53. The summed E-state index contributed by atoms with van der Waals surface area (Å²) in [5.74, 6) is -4.63. The molecule has 4 rings (SSSR count). The average Bonchev–Trinajstić information content (AvgIpc) is 3.23. The number of aliphatic carboxylic acids is 1. The zero-order valence-corrected chi connectivity index (χ0v) is 20.6. The van der Waals surface area contributed by atoms with Gasteiger partial charge in [0.15, 0.2) is 5.78 Å². The molecule has 0 bridgehead atoms. The number of carboxylic acid groups (broad SMARTS) is 1. The number of fused-ring (bicyclic) bond motifs is 3. The number of ketones is 1. The zero-order chi connectivity index (χ0) is 27.2. The van der Waals surface area contributed by atoms with Gasteiger partial charge in [-0.05, 0) is 59.9 Å². The van der Waals surface area contributed by atoms with E-state index in [1.807, 2.05) is 48.5 Å². The van der Waals surface area contributed by atoms with Crippen LogP contribution < -0.4 is 10.6 Å². The van der Waals surface area contributed by atoms with E-state index >= 15 is 0 Å². The number of esters is 1. The van der Waals surface area contributed by atoms with Gasteiger partial charge < -0.3 is 20.5 Å². The number of hydrogen-bond acceptors (Lipinski definition) is 6. The summed E-state index contributed by atoms with van der Waals surface area (Å²) in [6.07, 6.45) is -0.467. The summed E-state index contributed by atoms with van der Waals surface area (Å²) in [6, 6.07) is 20.3. The van der Waals surface area contributed by atoms with E-state index in [2.05, 4.69) is 10.6 Å². The van der Waals surface area contributed by atoms with Crippen molar-refractivity contribution >= 4 is 35.2 Å². The first-order valence-corrected chi connectivity index (χ1v) is 12.0. The van der Waals surface area contributed by atoms with Crippen molar-refractivity contribution in [3.05, 3.63) is 89.5 Å². The molecule has 0 aromatic heterocycles. The third kappa shape index (κ3) is 5.95. The van der Waals surface area contributed by atoms with Gasteiger partial charge in [-0.25, -0.2) is 9.59 Å². The molecule has 3 aromatic carbocycles. The quantitative estimate of drug-likeness (QED) is 0.226. The molecular weight excluding hydrogens is 488 g/mol. The lowest BCUT2D eigenvalue weighted by molar-refractivity contribution is -0.156. The number of carbonyl (C=O) groups is 5. The van der Waals surface area contributed by atoms with Crippen molar-refractivity contribution in [1.82, 2.24) is 5.32 Å². The van der Waals surface area contributed by atoms with E-state index in [1.54, 1.807) is 24.3 Å². The van der Waals surface area contributed by atoms with Crippen LogP contribution in [0.3, 0.4) is 0 Å². The third-order valence-corrected chi connectivity index (χ3v) is 6.37. The van der Waals surface area contributed by atoms with Gasteiger partial charge in [0, 0.05) is 23.6 Å². The van der Waals surface area contributed by atoms with Crippen LogP contribution in [-0.2, 0) is 23.9 Å². The molecule has 2 amide bonds. The minimum Gasteiger partial charge on any atom is -0.480 e. The fourth-order valence-electron chi connectivity index (χ4n) is 4.43. The Kier molecular flexibility index (Phi) is 7.96. The summed E-state index contributed by atoms with van der Waals surface area (Å²) in [5.41, 5.74) is 4.96. The molecule has 9 nitrogen and oxygen atoms in total. The zero-order valence-electron chi connectivity index (χ0n) is 20.6. The first-order valence-electron chi connectivity index (χ1n) is 12.0. The highest BCUT2D eigenvalue weighted by Crippen LogP contribution is 2.44. The van der Waals surface area contributed by atoms with Crippen LogP contribution in [0.2, 0.25) is 0 Å². The second-order valence-electron chi connectivity index (χ2n) is 8.91. The molecule has 194 valence electrons. The molecule has 0 aliphatic heterocycles. The van der Waals surface area contributed by atoms with E-state index in [-0.39, 0.29) is 31.1 Å². The maximum absolute atomic E-state index is 12.4. The van der Waals surface area contributed by atoms with Crippen LogP contribution in [0.4, 0.5) is 5.69 Å². The molecule has 9 heteroatoms. The minimum absolute atomic E-state index is 0.0805. The lowest BCUT2D eigenvalue weighted by Gasteiger charge is -2.16. The number of nitrogens with one attached hydrogen (secondary N) is 2. The molecule has 0 saturated heterocycles. The van der Waals surface area contributed by atoms with Gasteiger partial charge in [0.05, 0.1) is 0 Å². The molecule has 0 spiro atoms. The van der Waals surface area contributed by atoms with Crippen LogP contribution >= 0.6 is 0 Å². The molecule has 0 saturated carbocycles. The van der Waals surface area contributed by atoms with Crippen LogP contribution in [0, 0.1) is 0 Å². The third-order valence-electron chi connectivity index (χ3n) is 6.37. The Morgan fingerprint density at radius 3 is 2.00 bits per heavy atom. The summed E-state index contributed by atoms with van der Waals surface area (Å²) < 4.78 is 5.27. The van der Waals surface area contributed by atoms with Crippen LogP contribution in [0.1, 0.15) is 47.2 Å². The van der Waals surface area contributed by atoms with Gasteiger partial charge in [-0.3, -0.25) is 14.4 Å². The lowest BCUT2D eigenvalue weighted by Crippen LogP contribution is -2.45. The van der Waals surface area contributed by atoms with Crippen molar-refractivity contribution in [2.75, 3.05) is 11.9 Å². The lowest BCUT2D eigenvalue weighted by atomic mass is 9.98. The number of rotatable bonds is 9. The fourth-order valence-corrected chi connectivity index (χ4v) is 4.43. The summed E-state index contributed by atoms with van der Waals surface area (Å²) in [4.78, 5) is 60.1. The summed E-state index contributed by atoms with van der Waals surface area (Å²) in [6.45, 7) is 1.35. The van der Waals surface area contributed by atoms with Crippen molar-refractivity contribution in [2.24, 2.45) is 0 Å². The van der Waals surface area contributed by atoms with Crippen LogP contribution in [0.15, 0.2) is 72.8 Å². The Bertz CT molecular complexity index is 1350.